The van der Waals surface area contributed by atoms with Gasteiger partial charge in [0.2, 0.25) is 5.78 Å². The molecular formula is C12H17N3O6S. The molecule has 0 saturated carbocycles. The minimum absolute atomic E-state index is 0.205. The van der Waals surface area contributed by atoms with Gasteiger partial charge in [0.1, 0.15) is 24.2 Å². The Bertz CT molecular complexity index is 646. The Hall–Kier alpha value is -1.49. The maximum absolute atomic E-state index is 12.2. The summed E-state index contributed by atoms with van der Waals surface area (Å²) in [6.45, 7) is 2.36. The molecule has 1 N–H and O–H groups in total. The lowest BCUT2D eigenvalue weighted by Gasteiger charge is -2.36. The number of Topliss-reactive ketones (excluding diaryl/α,β-unsaturated/α-hetero) is 1. The first-order chi connectivity index (χ1) is 10.4. The van der Waals surface area contributed by atoms with Crippen LogP contribution in [0.2, 0.25) is 0 Å². The van der Waals surface area contributed by atoms with E-state index in [1.54, 1.807) is 4.90 Å². The van der Waals surface area contributed by atoms with Crippen molar-refractivity contribution >= 4 is 21.9 Å². The van der Waals surface area contributed by atoms with E-state index in [-0.39, 0.29) is 17.5 Å². The number of ether oxygens (including phenoxy) is 1. The molecule has 2 aliphatic rings. The number of hydrogen-bond acceptors (Lipinski definition) is 9. The number of aromatic nitrogens is 1. The standard InChI is InChI=1S/C12H17N3O6S/c1-22(17,18)21-8-5-15(6-8)12-14-9(7-20-12)11(16)10-4-13-2-3-19-10/h7-8,10,13H,2-6H2,1H3. The Balaban J connectivity index is 1.57. The van der Waals surface area contributed by atoms with Crippen LogP contribution >= 0.6 is 0 Å². The predicted octanol–water partition coefficient (Wildman–Crippen LogP) is -0.989. The van der Waals surface area contributed by atoms with Crippen LogP contribution in [0.25, 0.3) is 0 Å². The highest BCUT2D eigenvalue weighted by molar-refractivity contribution is 7.86. The van der Waals surface area contributed by atoms with Gasteiger partial charge in [0.05, 0.1) is 26.0 Å². The Morgan fingerprint density at radius 3 is 2.91 bits per heavy atom. The van der Waals surface area contributed by atoms with Crippen LogP contribution in [0, 0.1) is 0 Å². The quantitative estimate of drug-likeness (QED) is 0.537. The molecule has 9 nitrogen and oxygen atoms in total. The molecule has 0 bridgehead atoms. The van der Waals surface area contributed by atoms with Crippen LogP contribution in [0.5, 0.6) is 0 Å². The Morgan fingerprint density at radius 1 is 1.50 bits per heavy atom. The summed E-state index contributed by atoms with van der Waals surface area (Å²) in [5, 5.41) is 3.08. The average Bonchev–Trinajstić information content (AvgIpc) is 2.91. The van der Waals surface area contributed by atoms with Crippen molar-refractivity contribution in [2.24, 2.45) is 0 Å². The molecule has 1 aromatic heterocycles. The summed E-state index contributed by atoms with van der Waals surface area (Å²) in [6.07, 6.45) is 1.34. The number of hydrogen-bond donors (Lipinski definition) is 1. The minimum atomic E-state index is -3.47. The number of nitrogens with zero attached hydrogens (tertiary/aromatic N) is 2. The fraction of sp³-hybridized carbons (Fsp3) is 0.667. The van der Waals surface area contributed by atoms with Crippen LogP contribution in [0.15, 0.2) is 10.7 Å². The number of carbonyl (C=O) groups is 1. The van der Waals surface area contributed by atoms with Crippen molar-refractivity contribution < 1.29 is 26.5 Å². The van der Waals surface area contributed by atoms with E-state index in [9.17, 15) is 13.2 Å². The second-order valence-electron chi connectivity index (χ2n) is 5.27. The van der Waals surface area contributed by atoms with E-state index in [0.717, 1.165) is 12.8 Å². The van der Waals surface area contributed by atoms with Gasteiger partial charge in [-0.3, -0.25) is 8.98 Å². The molecule has 3 rings (SSSR count). The van der Waals surface area contributed by atoms with Crippen LogP contribution < -0.4 is 10.2 Å². The lowest BCUT2D eigenvalue weighted by molar-refractivity contribution is 0.0265. The second kappa shape index (κ2) is 5.95. The smallest absolute Gasteiger partial charge is 0.298 e. The largest absolute Gasteiger partial charge is 0.431 e. The third-order valence-corrected chi connectivity index (χ3v) is 4.02. The SMILES string of the molecule is CS(=O)(=O)OC1CN(c2nc(C(=O)C3CNCCO3)co2)C1. The van der Waals surface area contributed by atoms with E-state index in [4.69, 9.17) is 13.3 Å². The summed E-state index contributed by atoms with van der Waals surface area (Å²) in [5.41, 5.74) is 0.205. The molecule has 3 heterocycles. The molecule has 22 heavy (non-hydrogen) atoms. The van der Waals surface area contributed by atoms with Crippen molar-refractivity contribution in [3.8, 4) is 0 Å². The molecule has 2 fully saturated rings. The zero-order valence-electron chi connectivity index (χ0n) is 12.0. The number of morpholine rings is 1. The van der Waals surface area contributed by atoms with E-state index in [2.05, 4.69) is 10.3 Å². The van der Waals surface area contributed by atoms with Gasteiger partial charge in [-0.05, 0) is 0 Å². The summed E-state index contributed by atoms with van der Waals surface area (Å²) >= 11 is 0. The molecule has 1 atom stereocenters. The van der Waals surface area contributed by atoms with Gasteiger partial charge in [-0.25, -0.2) is 0 Å². The maximum Gasteiger partial charge on any atom is 0.298 e. The fourth-order valence-corrected chi connectivity index (χ4v) is 2.94. The first-order valence-electron chi connectivity index (χ1n) is 6.87. The first-order valence-corrected chi connectivity index (χ1v) is 8.69. The monoisotopic (exact) mass is 331 g/mol. The summed E-state index contributed by atoms with van der Waals surface area (Å²) in [6, 6.07) is 0.278. The van der Waals surface area contributed by atoms with Gasteiger partial charge < -0.3 is 19.4 Å². The zero-order valence-corrected chi connectivity index (χ0v) is 12.8. The number of anilines is 1. The summed E-state index contributed by atoms with van der Waals surface area (Å²) in [7, 11) is -3.47. The molecule has 0 radical (unpaired) electrons. The van der Waals surface area contributed by atoms with Gasteiger partial charge in [-0.1, -0.05) is 0 Å². The number of ketones is 1. The predicted molar refractivity (Wildman–Crippen MR) is 75.4 cm³/mol. The van der Waals surface area contributed by atoms with Gasteiger partial charge in [0.15, 0.2) is 0 Å². The second-order valence-corrected chi connectivity index (χ2v) is 6.87. The Labute approximate surface area is 127 Å². The van der Waals surface area contributed by atoms with Crippen molar-refractivity contribution in [3.63, 3.8) is 0 Å². The molecule has 0 aliphatic carbocycles. The third-order valence-electron chi connectivity index (χ3n) is 3.39. The first kappa shape index (κ1) is 15.4. The number of carbonyl (C=O) groups excluding carboxylic acids is 1. The average molecular weight is 331 g/mol. The van der Waals surface area contributed by atoms with E-state index in [1.165, 1.54) is 6.26 Å². The van der Waals surface area contributed by atoms with Crippen LogP contribution in [0.3, 0.4) is 0 Å². The van der Waals surface area contributed by atoms with Crippen molar-refractivity contribution in [1.82, 2.24) is 10.3 Å². The fourth-order valence-electron chi connectivity index (χ4n) is 2.32. The van der Waals surface area contributed by atoms with Crippen molar-refractivity contribution in [3.05, 3.63) is 12.0 Å². The third kappa shape index (κ3) is 3.46. The van der Waals surface area contributed by atoms with E-state index >= 15 is 0 Å². The van der Waals surface area contributed by atoms with Gasteiger partial charge >= 0.3 is 0 Å². The molecule has 1 unspecified atom stereocenters. The molecule has 10 heteroatoms. The minimum Gasteiger partial charge on any atom is -0.431 e. The summed E-state index contributed by atoms with van der Waals surface area (Å²) in [5.74, 6) is -0.230. The van der Waals surface area contributed by atoms with Crippen molar-refractivity contribution in [2.45, 2.75) is 12.2 Å². The number of rotatable bonds is 5. The highest BCUT2D eigenvalue weighted by atomic mass is 32.2. The number of nitrogens with one attached hydrogen (secondary N) is 1. The van der Waals surface area contributed by atoms with Crippen molar-refractivity contribution in [2.75, 3.05) is 43.9 Å². The lowest BCUT2D eigenvalue weighted by atomic mass is 10.1. The topological polar surface area (TPSA) is 111 Å². The summed E-state index contributed by atoms with van der Waals surface area (Å²) in [4.78, 5) is 18.0. The van der Waals surface area contributed by atoms with E-state index < -0.39 is 22.3 Å². The molecular weight excluding hydrogens is 314 g/mol. The Kier molecular flexibility index (Phi) is 4.17. The highest BCUT2D eigenvalue weighted by Gasteiger charge is 2.34. The zero-order chi connectivity index (χ0) is 15.7. The lowest BCUT2D eigenvalue weighted by Crippen LogP contribution is -2.53. The Morgan fingerprint density at radius 2 is 2.27 bits per heavy atom. The molecule has 1 aromatic rings. The van der Waals surface area contributed by atoms with Crippen molar-refractivity contribution in [1.29, 1.82) is 0 Å². The van der Waals surface area contributed by atoms with Gasteiger partial charge in [-0.15, -0.1) is 0 Å². The van der Waals surface area contributed by atoms with Crippen LogP contribution in [-0.2, 0) is 19.0 Å². The van der Waals surface area contributed by atoms with Gasteiger partial charge in [0, 0.05) is 13.1 Å². The van der Waals surface area contributed by atoms with Crippen LogP contribution in [0.1, 0.15) is 10.5 Å². The maximum atomic E-state index is 12.2. The molecule has 122 valence electrons. The van der Waals surface area contributed by atoms with E-state index in [1.807, 2.05) is 0 Å². The normalized spacial score (nSPS) is 23.3. The molecule has 0 spiro atoms. The van der Waals surface area contributed by atoms with Crippen LogP contribution in [-0.4, -0.2) is 70.4 Å². The van der Waals surface area contributed by atoms with E-state index in [0.29, 0.717) is 26.2 Å². The molecule has 2 saturated heterocycles. The highest BCUT2D eigenvalue weighted by Crippen LogP contribution is 2.23. The molecule has 2 aliphatic heterocycles. The summed E-state index contributed by atoms with van der Waals surface area (Å²) < 4.78 is 37.5. The molecule has 0 aromatic carbocycles. The number of oxazole rings is 1. The van der Waals surface area contributed by atoms with Gasteiger partial charge in [-0.2, -0.15) is 13.4 Å². The van der Waals surface area contributed by atoms with Crippen LogP contribution in [0.4, 0.5) is 6.01 Å². The van der Waals surface area contributed by atoms with Gasteiger partial charge in [0.25, 0.3) is 16.1 Å². The molecule has 0 amide bonds.